The summed E-state index contributed by atoms with van der Waals surface area (Å²) in [5.41, 5.74) is 2.59. The second kappa shape index (κ2) is 5.53. The Morgan fingerprint density at radius 3 is 2.68 bits per heavy atom. The number of hydrogen-bond acceptors (Lipinski definition) is 2. The van der Waals surface area contributed by atoms with E-state index in [0.717, 1.165) is 23.6 Å². The highest BCUT2D eigenvalue weighted by Crippen LogP contribution is 2.26. The summed E-state index contributed by atoms with van der Waals surface area (Å²) >= 11 is 0. The summed E-state index contributed by atoms with van der Waals surface area (Å²) in [4.78, 5) is 4.24. The molecule has 19 heavy (non-hydrogen) atoms. The van der Waals surface area contributed by atoms with Gasteiger partial charge in [-0.3, -0.25) is 0 Å². The Morgan fingerprint density at radius 1 is 1.37 bits per heavy atom. The molecule has 2 aromatic rings. The molecular formula is C15H20FN3. The largest absolute Gasteiger partial charge is 0.310 e. The zero-order valence-corrected chi connectivity index (χ0v) is 11.9. The highest BCUT2D eigenvalue weighted by atomic mass is 19.1. The molecule has 2 rings (SSSR count). The van der Waals surface area contributed by atoms with Crippen LogP contribution in [-0.2, 0) is 0 Å². The van der Waals surface area contributed by atoms with Crippen molar-refractivity contribution in [2.45, 2.75) is 33.7 Å². The van der Waals surface area contributed by atoms with Crippen molar-refractivity contribution in [3.8, 4) is 5.69 Å². The van der Waals surface area contributed by atoms with Gasteiger partial charge in [-0.15, -0.1) is 0 Å². The van der Waals surface area contributed by atoms with E-state index in [9.17, 15) is 4.39 Å². The summed E-state index contributed by atoms with van der Waals surface area (Å²) in [6.07, 6.45) is 3.67. The number of rotatable bonds is 4. The summed E-state index contributed by atoms with van der Waals surface area (Å²) in [5, 5.41) is 3.33. The van der Waals surface area contributed by atoms with Gasteiger partial charge in [0, 0.05) is 18.4 Å². The van der Waals surface area contributed by atoms with Crippen molar-refractivity contribution < 1.29 is 4.39 Å². The molecule has 0 saturated heterocycles. The lowest BCUT2D eigenvalue weighted by Gasteiger charge is -2.19. The van der Waals surface area contributed by atoms with Gasteiger partial charge in [0.2, 0.25) is 0 Å². The molecule has 4 heteroatoms. The van der Waals surface area contributed by atoms with Gasteiger partial charge in [0.1, 0.15) is 11.6 Å². The number of halogens is 1. The first kappa shape index (κ1) is 13.7. The fourth-order valence-electron chi connectivity index (χ4n) is 2.29. The van der Waals surface area contributed by atoms with Crippen LogP contribution >= 0.6 is 0 Å². The molecule has 0 spiro atoms. The van der Waals surface area contributed by atoms with Crippen molar-refractivity contribution in [3.05, 3.63) is 47.3 Å². The molecular weight excluding hydrogens is 241 g/mol. The molecule has 1 heterocycles. The first-order valence-corrected chi connectivity index (χ1v) is 6.58. The molecule has 0 fully saturated rings. The van der Waals surface area contributed by atoms with E-state index in [-0.39, 0.29) is 11.9 Å². The Hall–Kier alpha value is -1.68. The third-order valence-electron chi connectivity index (χ3n) is 3.37. The molecule has 0 aliphatic carbocycles. The van der Waals surface area contributed by atoms with Crippen LogP contribution in [0.4, 0.5) is 4.39 Å². The van der Waals surface area contributed by atoms with Crippen LogP contribution in [0.1, 0.15) is 36.8 Å². The normalized spacial score (nSPS) is 12.7. The maximum absolute atomic E-state index is 13.8. The van der Waals surface area contributed by atoms with Gasteiger partial charge in [0.15, 0.2) is 0 Å². The zero-order chi connectivity index (χ0) is 14.0. The van der Waals surface area contributed by atoms with E-state index in [1.54, 1.807) is 19.2 Å². The van der Waals surface area contributed by atoms with Crippen molar-refractivity contribution >= 4 is 0 Å². The molecule has 0 saturated carbocycles. The van der Waals surface area contributed by atoms with Crippen molar-refractivity contribution in [1.29, 1.82) is 0 Å². The molecule has 102 valence electrons. The lowest BCUT2D eigenvalue weighted by atomic mass is 10.0. The third kappa shape index (κ3) is 2.68. The van der Waals surface area contributed by atoms with E-state index in [4.69, 9.17) is 0 Å². The Morgan fingerprint density at radius 2 is 2.11 bits per heavy atom. The van der Waals surface area contributed by atoms with Crippen LogP contribution in [0.15, 0.2) is 24.5 Å². The summed E-state index contributed by atoms with van der Waals surface area (Å²) in [6, 6.07) is 3.60. The maximum atomic E-state index is 13.8. The number of hydrogen-bond donors (Lipinski definition) is 1. The van der Waals surface area contributed by atoms with E-state index in [1.807, 2.05) is 37.6 Å². The first-order valence-electron chi connectivity index (χ1n) is 6.58. The molecule has 1 unspecified atom stereocenters. The molecule has 0 radical (unpaired) electrons. The van der Waals surface area contributed by atoms with E-state index >= 15 is 0 Å². The highest BCUT2D eigenvalue weighted by molar-refractivity contribution is 5.47. The van der Waals surface area contributed by atoms with Crippen LogP contribution in [0.5, 0.6) is 0 Å². The predicted octanol–water partition coefficient (Wildman–Crippen LogP) is 3.30. The van der Waals surface area contributed by atoms with Gasteiger partial charge in [0.05, 0.1) is 5.69 Å². The molecule has 0 amide bonds. The SMILES string of the molecule is CCNC(C)c1cc(F)c(C)cc1-n1ccnc1C. The topological polar surface area (TPSA) is 29.9 Å². The van der Waals surface area contributed by atoms with Gasteiger partial charge in [-0.1, -0.05) is 6.92 Å². The van der Waals surface area contributed by atoms with Crippen LogP contribution in [-0.4, -0.2) is 16.1 Å². The number of benzene rings is 1. The lowest BCUT2D eigenvalue weighted by Crippen LogP contribution is -2.20. The van der Waals surface area contributed by atoms with Gasteiger partial charge in [-0.25, -0.2) is 9.37 Å². The highest BCUT2D eigenvalue weighted by Gasteiger charge is 2.15. The molecule has 0 aliphatic rings. The minimum atomic E-state index is -0.165. The average Bonchev–Trinajstić information content (AvgIpc) is 2.78. The molecule has 1 atom stereocenters. The van der Waals surface area contributed by atoms with Gasteiger partial charge < -0.3 is 9.88 Å². The predicted molar refractivity (Wildman–Crippen MR) is 75.1 cm³/mol. The molecule has 0 aliphatic heterocycles. The van der Waals surface area contributed by atoms with Gasteiger partial charge in [0.25, 0.3) is 0 Å². The summed E-state index contributed by atoms with van der Waals surface area (Å²) in [7, 11) is 0. The molecule has 3 nitrogen and oxygen atoms in total. The van der Waals surface area contributed by atoms with E-state index in [2.05, 4.69) is 10.3 Å². The van der Waals surface area contributed by atoms with Gasteiger partial charge in [-0.2, -0.15) is 0 Å². The van der Waals surface area contributed by atoms with Crippen LogP contribution in [0, 0.1) is 19.7 Å². The molecule has 1 aromatic heterocycles. The number of nitrogens with one attached hydrogen (secondary N) is 1. The molecule has 1 aromatic carbocycles. The first-order chi connectivity index (χ1) is 9.04. The van der Waals surface area contributed by atoms with E-state index in [0.29, 0.717) is 5.56 Å². The van der Waals surface area contributed by atoms with Crippen LogP contribution < -0.4 is 5.32 Å². The van der Waals surface area contributed by atoms with E-state index in [1.165, 1.54) is 0 Å². The Labute approximate surface area is 113 Å². The smallest absolute Gasteiger partial charge is 0.126 e. The third-order valence-corrected chi connectivity index (χ3v) is 3.37. The fraction of sp³-hybridized carbons (Fsp3) is 0.400. The number of imidazole rings is 1. The zero-order valence-electron chi connectivity index (χ0n) is 11.9. The van der Waals surface area contributed by atoms with Crippen molar-refractivity contribution in [2.24, 2.45) is 0 Å². The lowest BCUT2D eigenvalue weighted by molar-refractivity contribution is 0.576. The maximum Gasteiger partial charge on any atom is 0.126 e. The quantitative estimate of drug-likeness (QED) is 0.915. The van der Waals surface area contributed by atoms with Crippen LogP contribution in [0.25, 0.3) is 5.69 Å². The van der Waals surface area contributed by atoms with E-state index < -0.39 is 0 Å². The van der Waals surface area contributed by atoms with Crippen molar-refractivity contribution in [2.75, 3.05) is 6.54 Å². The number of aryl methyl sites for hydroxylation is 2. The summed E-state index contributed by atoms with van der Waals surface area (Å²) in [5.74, 6) is 0.734. The minimum absolute atomic E-state index is 0.0944. The Kier molecular flexibility index (Phi) is 4.00. The minimum Gasteiger partial charge on any atom is -0.310 e. The number of aromatic nitrogens is 2. The van der Waals surface area contributed by atoms with Crippen LogP contribution in [0.3, 0.4) is 0 Å². The Bertz CT molecular complexity index is 575. The van der Waals surface area contributed by atoms with Gasteiger partial charge in [-0.05, 0) is 50.6 Å². The monoisotopic (exact) mass is 261 g/mol. The fourth-order valence-corrected chi connectivity index (χ4v) is 2.29. The van der Waals surface area contributed by atoms with Crippen molar-refractivity contribution in [3.63, 3.8) is 0 Å². The standard InChI is InChI=1S/C15H20FN3/c1-5-17-11(3)13-9-14(16)10(2)8-15(13)19-7-6-18-12(19)4/h6-9,11,17H,5H2,1-4H3. The number of nitrogens with zero attached hydrogens (tertiary/aromatic N) is 2. The average molecular weight is 261 g/mol. The molecule has 0 bridgehead atoms. The van der Waals surface area contributed by atoms with Crippen LogP contribution in [0.2, 0.25) is 0 Å². The second-order valence-corrected chi connectivity index (χ2v) is 4.78. The summed E-state index contributed by atoms with van der Waals surface area (Å²) < 4.78 is 15.8. The van der Waals surface area contributed by atoms with Gasteiger partial charge >= 0.3 is 0 Å². The molecule has 1 N–H and O–H groups in total. The summed E-state index contributed by atoms with van der Waals surface area (Å²) in [6.45, 7) is 8.67. The second-order valence-electron chi connectivity index (χ2n) is 4.78. The van der Waals surface area contributed by atoms with Crippen molar-refractivity contribution in [1.82, 2.24) is 14.9 Å². The Balaban J connectivity index is 2.58.